The normalized spacial score (nSPS) is 11.7. The molecule has 0 aliphatic rings. The van der Waals surface area contributed by atoms with Crippen LogP contribution in [0.4, 0.5) is 4.39 Å². The number of carbonyl (C=O) groups is 2. The van der Waals surface area contributed by atoms with Gasteiger partial charge in [-0.3, -0.25) is 4.79 Å². The second-order valence-corrected chi connectivity index (χ2v) is 6.01. The first kappa shape index (κ1) is 18.6. The molecule has 2 rings (SSSR count). The van der Waals surface area contributed by atoms with E-state index in [-0.39, 0.29) is 11.7 Å². The van der Waals surface area contributed by atoms with Crippen LogP contribution in [-0.2, 0) is 16.0 Å². The first-order valence-corrected chi connectivity index (χ1v) is 8.17. The number of rotatable bonds is 6. The van der Waals surface area contributed by atoms with E-state index < -0.39 is 12.1 Å². The first-order valence-electron chi connectivity index (χ1n) is 8.17. The second kappa shape index (κ2) is 8.42. The standard InChI is InChI=1S/C20H22FNO3/c1-13-4-7-17(12-14(13)2)20(24)25-15(3)19(23)22-11-10-16-5-8-18(21)9-6-16/h4-9,12,15H,10-11H2,1-3H3,(H,22,23)/t15-/m0/s1. The highest BCUT2D eigenvalue weighted by molar-refractivity contribution is 5.92. The number of hydrogen-bond donors (Lipinski definition) is 1. The Labute approximate surface area is 147 Å². The number of esters is 1. The Hall–Kier alpha value is -2.69. The van der Waals surface area contributed by atoms with E-state index in [9.17, 15) is 14.0 Å². The van der Waals surface area contributed by atoms with Crippen LogP contribution in [0.25, 0.3) is 0 Å². The molecule has 0 aliphatic heterocycles. The van der Waals surface area contributed by atoms with Gasteiger partial charge in [-0.1, -0.05) is 18.2 Å². The highest BCUT2D eigenvalue weighted by atomic mass is 19.1. The van der Waals surface area contributed by atoms with Crippen molar-refractivity contribution in [3.8, 4) is 0 Å². The predicted molar refractivity (Wildman–Crippen MR) is 93.9 cm³/mol. The fourth-order valence-corrected chi connectivity index (χ4v) is 2.28. The number of nitrogens with one attached hydrogen (secondary N) is 1. The molecular weight excluding hydrogens is 321 g/mol. The van der Waals surface area contributed by atoms with Gasteiger partial charge >= 0.3 is 5.97 Å². The summed E-state index contributed by atoms with van der Waals surface area (Å²) in [4.78, 5) is 24.1. The number of aryl methyl sites for hydroxylation is 2. The maximum atomic E-state index is 12.8. The maximum Gasteiger partial charge on any atom is 0.338 e. The number of halogens is 1. The molecule has 132 valence electrons. The number of carbonyl (C=O) groups excluding carboxylic acids is 2. The average molecular weight is 343 g/mol. The van der Waals surface area contributed by atoms with Gasteiger partial charge in [0.25, 0.3) is 5.91 Å². The minimum atomic E-state index is -0.887. The van der Waals surface area contributed by atoms with Crippen molar-refractivity contribution in [2.75, 3.05) is 6.54 Å². The summed E-state index contributed by atoms with van der Waals surface area (Å²) in [5.41, 5.74) is 3.42. The largest absolute Gasteiger partial charge is 0.449 e. The predicted octanol–water partition coefficient (Wildman–Crippen LogP) is 3.35. The van der Waals surface area contributed by atoms with Gasteiger partial charge in [0.05, 0.1) is 5.56 Å². The smallest absolute Gasteiger partial charge is 0.338 e. The first-order chi connectivity index (χ1) is 11.9. The van der Waals surface area contributed by atoms with E-state index in [1.807, 2.05) is 19.9 Å². The highest BCUT2D eigenvalue weighted by Crippen LogP contribution is 2.12. The van der Waals surface area contributed by atoms with Crippen molar-refractivity contribution in [2.45, 2.75) is 33.3 Å². The lowest BCUT2D eigenvalue weighted by Crippen LogP contribution is -2.36. The van der Waals surface area contributed by atoms with Crippen LogP contribution in [0.15, 0.2) is 42.5 Å². The number of hydrogen-bond acceptors (Lipinski definition) is 3. The van der Waals surface area contributed by atoms with E-state index in [2.05, 4.69) is 5.32 Å². The van der Waals surface area contributed by atoms with Gasteiger partial charge in [0.15, 0.2) is 6.10 Å². The Morgan fingerprint density at radius 1 is 1.08 bits per heavy atom. The van der Waals surface area contributed by atoms with Crippen LogP contribution in [0.1, 0.15) is 34.0 Å². The van der Waals surface area contributed by atoms with Crippen molar-refractivity contribution >= 4 is 11.9 Å². The number of benzene rings is 2. The molecule has 25 heavy (non-hydrogen) atoms. The van der Waals surface area contributed by atoms with E-state index in [4.69, 9.17) is 4.74 Å². The van der Waals surface area contributed by atoms with Crippen molar-refractivity contribution in [1.82, 2.24) is 5.32 Å². The summed E-state index contributed by atoms with van der Waals surface area (Å²) in [6.45, 7) is 5.79. The third-order valence-corrected chi connectivity index (χ3v) is 4.02. The van der Waals surface area contributed by atoms with Gasteiger partial charge in [-0.2, -0.15) is 0 Å². The molecule has 0 bridgehead atoms. The molecule has 2 aromatic rings. The van der Waals surface area contributed by atoms with Crippen LogP contribution < -0.4 is 5.32 Å². The van der Waals surface area contributed by atoms with Crippen LogP contribution in [0.3, 0.4) is 0 Å². The fourth-order valence-electron chi connectivity index (χ4n) is 2.28. The topological polar surface area (TPSA) is 55.4 Å². The minimum Gasteiger partial charge on any atom is -0.449 e. The molecule has 0 heterocycles. The SMILES string of the molecule is Cc1ccc(C(=O)O[C@@H](C)C(=O)NCCc2ccc(F)cc2)cc1C. The number of ether oxygens (including phenoxy) is 1. The zero-order valence-electron chi connectivity index (χ0n) is 14.6. The van der Waals surface area contributed by atoms with Gasteiger partial charge in [-0.25, -0.2) is 9.18 Å². The molecule has 2 aromatic carbocycles. The molecule has 0 aliphatic carbocycles. The Bertz CT molecular complexity index is 756. The van der Waals surface area contributed by atoms with E-state index >= 15 is 0 Å². The molecule has 0 spiro atoms. The third-order valence-electron chi connectivity index (χ3n) is 4.02. The second-order valence-electron chi connectivity index (χ2n) is 6.01. The molecule has 0 unspecified atom stereocenters. The number of amides is 1. The van der Waals surface area contributed by atoms with Gasteiger partial charge in [-0.05, 0) is 68.1 Å². The van der Waals surface area contributed by atoms with Gasteiger partial charge in [0.2, 0.25) is 0 Å². The monoisotopic (exact) mass is 343 g/mol. The molecule has 1 N–H and O–H groups in total. The molecule has 0 fully saturated rings. The minimum absolute atomic E-state index is 0.292. The average Bonchev–Trinajstić information content (AvgIpc) is 2.58. The molecule has 0 saturated heterocycles. The molecular formula is C20H22FNO3. The maximum absolute atomic E-state index is 12.8. The lowest BCUT2D eigenvalue weighted by Gasteiger charge is -2.14. The summed E-state index contributed by atoms with van der Waals surface area (Å²) in [7, 11) is 0. The highest BCUT2D eigenvalue weighted by Gasteiger charge is 2.18. The summed E-state index contributed by atoms with van der Waals surface area (Å²) in [5.74, 6) is -1.18. The Balaban J connectivity index is 1.81. The summed E-state index contributed by atoms with van der Waals surface area (Å²) in [6, 6.07) is 11.4. The van der Waals surface area contributed by atoms with Gasteiger partial charge in [-0.15, -0.1) is 0 Å². The molecule has 0 aromatic heterocycles. The van der Waals surface area contributed by atoms with Gasteiger partial charge < -0.3 is 10.1 Å². The Morgan fingerprint density at radius 3 is 2.40 bits per heavy atom. The molecule has 4 nitrogen and oxygen atoms in total. The van der Waals surface area contributed by atoms with Gasteiger partial charge in [0, 0.05) is 6.54 Å². The van der Waals surface area contributed by atoms with Crippen LogP contribution in [0, 0.1) is 19.7 Å². The van der Waals surface area contributed by atoms with E-state index in [0.29, 0.717) is 18.5 Å². The quantitative estimate of drug-likeness (QED) is 0.819. The van der Waals surface area contributed by atoms with Crippen LogP contribution in [0.5, 0.6) is 0 Å². The van der Waals surface area contributed by atoms with Crippen LogP contribution in [-0.4, -0.2) is 24.5 Å². The molecule has 1 atom stereocenters. The van der Waals surface area contributed by atoms with E-state index in [0.717, 1.165) is 16.7 Å². The van der Waals surface area contributed by atoms with Crippen molar-refractivity contribution in [3.05, 3.63) is 70.5 Å². The zero-order chi connectivity index (χ0) is 18.4. The van der Waals surface area contributed by atoms with E-state index in [1.54, 1.807) is 24.3 Å². The van der Waals surface area contributed by atoms with Crippen molar-refractivity contribution in [1.29, 1.82) is 0 Å². The zero-order valence-corrected chi connectivity index (χ0v) is 14.6. The molecule has 0 radical (unpaired) electrons. The lowest BCUT2D eigenvalue weighted by molar-refractivity contribution is -0.129. The van der Waals surface area contributed by atoms with Crippen molar-refractivity contribution in [2.24, 2.45) is 0 Å². The summed E-state index contributed by atoms with van der Waals surface area (Å²) < 4.78 is 18.0. The summed E-state index contributed by atoms with van der Waals surface area (Å²) in [6.07, 6.45) is -0.313. The van der Waals surface area contributed by atoms with Crippen molar-refractivity contribution < 1.29 is 18.7 Å². The summed E-state index contributed by atoms with van der Waals surface area (Å²) >= 11 is 0. The fraction of sp³-hybridized carbons (Fsp3) is 0.300. The molecule has 5 heteroatoms. The van der Waals surface area contributed by atoms with E-state index in [1.165, 1.54) is 19.1 Å². The summed E-state index contributed by atoms with van der Waals surface area (Å²) in [5, 5.41) is 2.71. The third kappa shape index (κ3) is 5.41. The Kier molecular flexibility index (Phi) is 6.28. The van der Waals surface area contributed by atoms with Crippen LogP contribution >= 0.6 is 0 Å². The van der Waals surface area contributed by atoms with Crippen LogP contribution in [0.2, 0.25) is 0 Å². The van der Waals surface area contributed by atoms with Gasteiger partial charge in [0.1, 0.15) is 5.82 Å². The molecule has 0 saturated carbocycles. The molecule has 1 amide bonds. The lowest BCUT2D eigenvalue weighted by atomic mass is 10.1. The Morgan fingerprint density at radius 2 is 1.76 bits per heavy atom. The van der Waals surface area contributed by atoms with Crippen molar-refractivity contribution in [3.63, 3.8) is 0 Å².